The van der Waals surface area contributed by atoms with E-state index in [4.69, 9.17) is 17.3 Å². The summed E-state index contributed by atoms with van der Waals surface area (Å²) in [4.78, 5) is 25.8. The normalized spacial score (nSPS) is 13.5. The van der Waals surface area contributed by atoms with Crippen LogP contribution in [-0.4, -0.2) is 31.3 Å². The van der Waals surface area contributed by atoms with Crippen LogP contribution in [0.15, 0.2) is 24.5 Å². The molecular formula is C12H13NO4S2. The molecule has 2 N–H and O–H groups in total. The highest BCUT2D eigenvalue weighted by Crippen LogP contribution is 2.31. The molecule has 0 radical (unpaired) electrons. The fourth-order valence-corrected chi connectivity index (χ4v) is 2.46. The lowest BCUT2D eigenvalue weighted by Gasteiger charge is -2.22. The third kappa shape index (κ3) is 4.60. The maximum absolute atomic E-state index is 11.3. The van der Waals surface area contributed by atoms with Crippen molar-refractivity contribution in [2.24, 2.45) is 5.92 Å². The van der Waals surface area contributed by atoms with Crippen molar-refractivity contribution in [2.75, 3.05) is 0 Å². The molecule has 0 amide bonds. The van der Waals surface area contributed by atoms with E-state index in [0.29, 0.717) is 5.56 Å². The van der Waals surface area contributed by atoms with Gasteiger partial charge >= 0.3 is 11.9 Å². The number of aliphatic carboxylic acids is 2. The minimum absolute atomic E-state index is 0.00163. The maximum Gasteiger partial charge on any atom is 0.307 e. The van der Waals surface area contributed by atoms with Crippen LogP contribution in [0.5, 0.6) is 0 Å². The molecule has 0 aromatic carbocycles. The largest absolute Gasteiger partial charge is 0.481 e. The number of hydrogen-bond donors (Lipinski definition) is 3. The van der Waals surface area contributed by atoms with Gasteiger partial charge in [-0.25, -0.2) is 0 Å². The first-order chi connectivity index (χ1) is 8.93. The summed E-state index contributed by atoms with van der Waals surface area (Å²) in [5.74, 6) is -3.65. The monoisotopic (exact) mass is 299 g/mol. The average Bonchev–Trinajstić information content (AvgIpc) is 2.34. The highest BCUT2D eigenvalue weighted by molar-refractivity contribution is 8.11. The molecule has 0 fully saturated rings. The van der Waals surface area contributed by atoms with Gasteiger partial charge in [0, 0.05) is 24.7 Å². The Morgan fingerprint density at radius 1 is 1.32 bits per heavy atom. The number of thiocarbonyl (C=S) groups is 1. The van der Waals surface area contributed by atoms with Crippen LogP contribution >= 0.6 is 24.8 Å². The predicted molar refractivity (Wildman–Crippen MR) is 76.6 cm³/mol. The van der Waals surface area contributed by atoms with Gasteiger partial charge < -0.3 is 10.2 Å². The van der Waals surface area contributed by atoms with E-state index in [0.717, 1.165) is 0 Å². The number of hydrogen-bond acceptors (Lipinski definition) is 4. The highest BCUT2D eigenvalue weighted by atomic mass is 32.1. The molecule has 0 aliphatic carbocycles. The topological polar surface area (TPSA) is 87.5 Å². The fraction of sp³-hybridized carbons (Fsp3) is 0.333. The van der Waals surface area contributed by atoms with Crippen LogP contribution in [0.25, 0.3) is 0 Å². The van der Waals surface area contributed by atoms with Crippen LogP contribution in [0.2, 0.25) is 0 Å². The molecule has 1 aromatic heterocycles. The summed E-state index contributed by atoms with van der Waals surface area (Å²) in [5, 5.41) is 17.9. The van der Waals surface area contributed by atoms with E-state index in [9.17, 15) is 14.7 Å². The van der Waals surface area contributed by atoms with Gasteiger partial charge in [0.2, 0.25) is 0 Å². The Labute approximate surface area is 121 Å². The van der Waals surface area contributed by atoms with E-state index in [1.165, 1.54) is 12.4 Å². The molecule has 2 atom stereocenters. The van der Waals surface area contributed by atoms with Gasteiger partial charge in [-0.2, -0.15) is 0 Å². The van der Waals surface area contributed by atoms with Crippen molar-refractivity contribution in [3.05, 3.63) is 30.1 Å². The van der Waals surface area contributed by atoms with E-state index in [1.54, 1.807) is 12.1 Å². The Balaban J connectivity index is 3.03. The van der Waals surface area contributed by atoms with Crippen LogP contribution in [0.3, 0.4) is 0 Å². The lowest BCUT2D eigenvalue weighted by Crippen LogP contribution is -2.26. The van der Waals surface area contributed by atoms with E-state index in [1.807, 2.05) is 0 Å². The lowest BCUT2D eigenvalue weighted by atomic mass is 9.84. The molecule has 0 aliphatic rings. The Hall–Kier alpha value is -1.47. The molecular weight excluding hydrogens is 286 g/mol. The third-order valence-corrected chi connectivity index (χ3v) is 3.25. The number of carboxylic acid groups (broad SMARTS) is 2. The van der Waals surface area contributed by atoms with Crippen LogP contribution in [0, 0.1) is 5.92 Å². The molecule has 5 nitrogen and oxygen atoms in total. The molecule has 0 bridgehead atoms. The lowest BCUT2D eigenvalue weighted by molar-refractivity contribution is -0.143. The van der Waals surface area contributed by atoms with Gasteiger partial charge in [-0.15, -0.1) is 12.6 Å². The van der Waals surface area contributed by atoms with Crippen LogP contribution in [0.4, 0.5) is 0 Å². The first kappa shape index (κ1) is 15.6. The van der Waals surface area contributed by atoms with Crippen LogP contribution in [0.1, 0.15) is 24.3 Å². The van der Waals surface area contributed by atoms with Gasteiger partial charge in [0.25, 0.3) is 0 Å². The van der Waals surface area contributed by atoms with Crippen molar-refractivity contribution in [1.82, 2.24) is 4.98 Å². The number of carboxylic acids is 2. The predicted octanol–water partition coefficient (Wildman–Crippen LogP) is 1.99. The minimum Gasteiger partial charge on any atom is -0.481 e. The second-order valence-electron chi connectivity index (χ2n) is 3.97. The molecule has 1 aromatic rings. The van der Waals surface area contributed by atoms with Crippen molar-refractivity contribution in [3.8, 4) is 0 Å². The first-order valence-corrected chi connectivity index (χ1v) is 6.36. The summed E-state index contributed by atoms with van der Waals surface area (Å²) >= 11 is 9.09. The van der Waals surface area contributed by atoms with Gasteiger partial charge in [-0.1, -0.05) is 12.2 Å². The van der Waals surface area contributed by atoms with E-state index in [2.05, 4.69) is 17.6 Å². The zero-order valence-electron chi connectivity index (χ0n) is 9.89. The number of nitrogens with zero attached hydrogens (tertiary/aromatic N) is 1. The summed E-state index contributed by atoms with van der Waals surface area (Å²) in [6, 6.07) is 3.31. The van der Waals surface area contributed by atoms with Crippen molar-refractivity contribution in [2.45, 2.75) is 18.8 Å². The van der Waals surface area contributed by atoms with Gasteiger partial charge in [0.05, 0.1) is 10.1 Å². The molecule has 19 heavy (non-hydrogen) atoms. The quantitative estimate of drug-likeness (QED) is 0.527. The third-order valence-electron chi connectivity index (χ3n) is 2.72. The molecule has 1 heterocycles. The Morgan fingerprint density at radius 3 is 2.32 bits per heavy atom. The van der Waals surface area contributed by atoms with Crippen molar-refractivity contribution >= 4 is 41.0 Å². The van der Waals surface area contributed by atoms with Gasteiger partial charge in [-0.05, 0) is 24.1 Å². The summed E-state index contributed by atoms with van der Waals surface area (Å²) in [6.07, 6.45) is 2.84. The molecule has 102 valence electrons. The summed E-state index contributed by atoms with van der Waals surface area (Å²) in [6.45, 7) is 0. The van der Waals surface area contributed by atoms with Gasteiger partial charge in [-0.3, -0.25) is 14.6 Å². The first-order valence-electron chi connectivity index (χ1n) is 5.50. The summed E-state index contributed by atoms with van der Waals surface area (Å²) in [7, 11) is 0. The van der Waals surface area contributed by atoms with E-state index >= 15 is 0 Å². The Bertz CT molecular complexity index is 478. The molecule has 2 unspecified atom stereocenters. The number of aromatic nitrogens is 1. The smallest absolute Gasteiger partial charge is 0.307 e. The zero-order chi connectivity index (χ0) is 14.4. The van der Waals surface area contributed by atoms with E-state index < -0.39 is 23.8 Å². The van der Waals surface area contributed by atoms with Crippen LogP contribution < -0.4 is 0 Å². The summed E-state index contributed by atoms with van der Waals surface area (Å²) < 4.78 is 0.226. The van der Waals surface area contributed by atoms with Crippen molar-refractivity contribution in [3.63, 3.8) is 0 Å². The Kier molecular flexibility index (Phi) is 5.91. The van der Waals surface area contributed by atoms with E-state index in [-0.39, 0.29) is 17.0 Å². The second kappa shape index (κ2) is 7.20. The van der Waals surface area contributed by atoms with Gasteiger partial charge in [0.15, 0.2) is 0 Å². The van der Waals surface area contributed by atoms with Crippen molar-refractivity contribution in [1.29, 1.82) is 0 Å². The molecule has 0 aliphatic heterocycles. The molecule has 7 heteroatoms. The molecule has 0 saturated heterocycles. The second-order valence-corrected chi connectivity index (χ2v) is 5.20. The highest BCUT2D eigenvalue weighted by Gasteiger charge is 2.31. The number of pyridine rings is 1. The molecule has 0 saturated carbocycles. The zero-order valence-corrected chi connectivity index (χ0v) is 11.6. The average molecular weight is 299 g/mol. The van der Waals surface area contributed by atoms with Crippen LogP contribution in [-0.2, 0) is 9.59 Å². The molecule has 1 rings (SSSR count). The standard InChI is InChI=1S/C12H13NO4S2/c14-9(15)2-1-8(11(16)17)10(12(18)19)7-3-5-13-6-4-7/h3-6,8,10H,1-2H2,(H,14,15)(H,16,17)(H,18,19). The SMILES string of the molecule is O=C(O)CCC(C(=O)O)C(C(=S)S)c1ccncc1. The minimum atomic E-state index is -1.08. The summed E-state index contributed by atoms with van der Waals surface area (Å²) in [5.41, 5.74) is 0.674. The number of thiol groups is 1. The fourth-order valence-electron chi connectivity index (χ4n) is 1.83. The maximum atomic E-state index is 11.3. The number of rotatable bonds is 7. The van der Waals surface area contributed by atoms with Gasteiger partial charge in [0.1, 0.15) is 0 Å². The Morgan fingerprint density at radius 2 is 1.89 bits per heavy atom. The molecule has 0 spiro atoms. The number of carbonyl (C=O) groups is 2. The van der Waals surface area contributed by atoms with Crippen molar-refractivity contribution < 1.29 is 19.8 Å².